The van der Waals surface area contributed by atoms with Crippen molar-refractivity contribution in [1.29, 1.82) is 0 Å². The molecule has 0 amide bonds. The molecule has 0 fully saturated rings. The van der Waals surface area contributed by atoms with E-state index in [9.17, 15) is 0 Å². The zero-order valence-electron chi connectivity index (χ0n) is 33.9. The number of furan rings is 1. The fourth-order valence-electron chi connectivity index (χ4n) is 9.95. The van der Waals surface area contributed by atoms with Crippen LogP contribution in [-0.4, -0.2) is 29.1 Å². The predicted octanol–water partition coefficient (Wildman–Crippen LogP) is 13.7. The quantitative estimate of drug-likeness (QED) is 0.167. The molecule has 12 aromatic rings. The minimum Gasteiger partial charge on any atom is -0.454 e. The summed E-state index contributed by atoms with van der Waals surface area (Å²) in [5, 5.41) is 4.24. The summed E-state index contributed by atoms with van der Waals surface area (Å²) in [4.78, 5) is 19.5. The molecule has 2 atom stereocenters. The van der Waals surface area contributed by atoms with E-state index < -0.39 is 0 Å². The summed E-state index contributed by atoms with van der Waals surface area (Å²) < 4.78 is 11.5. The van der Waals surface area contributed by atoms with E-state index in [0.717, 1.165) is 105 Å². The fraction of sp³-hybridized carbons (Fsp3) is 0.0357. The van der Waals surface area contributed by atoms with E-state index in [1.54, 1.807) is 0 Å². The van der Waals surface area contributed by atoms with Crippen LogP contribution in [0, 0.1) is 0 Å². The lowest BCUT2D eigenvalue weighted by Crippen LogP contribution is -2.11. The second-order valence-electron chi connectivity index (χ2n) is 16.2. The molecule has 7 nitrogen and oxygen atoms in total. The lowest BCUT2D eigenvalue weighted by Gasteiger charge is -2.24. The Balaban J connectivity index is 1.04. The molecule has 63 heavy (non-hydrogen) atoms. The van der Waals surface area contributed by atoms with Crippen LogP contribution in [0.3, 0.4) is 0 Å². The van der Waals surface area contributed by atoms with Crippen molar-refractivity contribution in [3.63, 3.8) is 0 Å². The van der Waals surface area contributed by atoms with Crippen LogP contribution in [0.1, 0.15) is 23.1 Å². The molecule has 7 heterocycles. The summed E-state index contributed by atoms with van der Waals surface area (Å²) in [6, 6.07) is 55.5. The Morgan fingerprint density at radius 2 is 1.13 bits per heavy atom. The number of nitrogens with zero attached hydrogens (tertiary/aromatic N) is 6. The van der Waals surface area contributed by atoms with Gasteiger partial charge >= 0.3 is 0 Å². The van der Waals surface area contributed by atoms with Crippen LogP contribution >= 0.6 is 0 Å². The van der Waals surface area contributed by atoms with Gasteiger partial charge in [-0.25, -0.2) is 0 Å². The van der Waals surface area contributed by atoms with E-state index in [-0.39, 0.29) is 11.8 Å². The molecule has 2 unspecified atom stereocenters. The van der Waals surface area contributed by atoms with E-state index in [1.807, 2.05) is 61.2 Å². The van der Waals surface area contributed by atoms with Crippen LogP contribution in [0.2, 0.25) is 0 Å². The first-order valence-electron chi connectivity index (χ1n) is 21.3. The van der Waals surface area contributed by atoms with E-state index in [1.165, 1.54) is 5.56 Å². The minimum absolute atomic E-state index is 0.120. The summed E-state index contributed by atoms with van der Waals surface area (Å²) in [5.74, 6) is 0.240. The average molecular weight is 809 g/mol. The second kappa shape index (κ2) is 14.1. The van der Waals surface area contributed by atoms with Crippen molar-refractivity contribution in [2.24, 2.45) is 0 Å². The Kier molecular flexibility index (Phi) is 7.90. The molecule has 0 N–H and O–H groups in total. The van der Waals surface area contributed by atoms with Gasteiger partial charge in [0.1, 0.15) is 5.58 Å². The monoisotopic (exact) mass is 808 g/mol. The molecule has 0 radical (unpaired) electrons. The first-order valence-corrected chi connectivity index (χ1v) is 21.3. The maximum Gasteiger partial charge on any atom is 0.159 e. The Bertz CT molecular complexity index is 3820. The smallest absolute Gasteiger partial charge is 0.159 e. The zero-order valence-corrected chi connectivity index (χ0v) is 33.9. The fourth-order valence-corrected chi connectivity index (χ4v) is 9.95. The number of hydrogen-bond acceptors (Lipinski definition) is 5. The van der Waals surface area contributed by atoms with Gasteiger partial charge in [-0.3, -0.25) is 19.9 Å². The number of benzene rings is 5. The number of pyridine rings is 4. The maximum absolute atomic E-state index is 6.86. The van der Waals surface area contributed by atoms with E-state index in [4.69, 9.17) is 24.4 Å². The topological polar surface area (TPSA) is 74.6 Å². The zero-order chi connectivity index (χ0) is 41.4. The third-order valence-corrected chi connectivity index (χ3v) is 12.7. The first-order chi connectivity index (χ1) is 31.3. The van der Waals surface area contributed by atoms with Gasteiger partial charge in [0.2, 0.25) is 0 Å². The summed E-state index contributed by atoms with van der Waals surface area (Å²) in [5.41, 5.74) is 16.1. The SMILES string of the molecule is C1=CC(c2ccc3c(c2)c2ncccc2n3-c2cc(-n3c4ccc(-c5ccccc5-c5ccccn5)cc4c4ncccc43)cc3c2oc2ccccc23)C(c2ccccn2)C=C1. The molecule has 1 aliphatic rings. The lowest BCUT2D eigenvalue weighted by molar-refractivity contribution is 0.666. The van der Waals surface area contributed by atoms with Crippen molar-refractivity contribution in [2.75, 3.05) is 0 Å². The standard InChI is InChI=1S/C56H36N6O/c1-3-15-40(46-18-7-9-27-57-46)38(13-1)35-23-25-48-44(31-35)54-50(20-11-29-59-54)61(48)37-33-43-42-17-5-6-22-53(42)63-56(43)52(34-37)62-49-26-24-36(32-45(49)55-51(62)21-12-30-60-55)39-14-2-4-16-41(39)47-19-8-10-28-58-47/h1-34,39,41H. The normalized spacial score (nSPS) is 15.2. The van der Waals surface area contributed by atoms with Gasteiger partial charge < -0.3 is 13.6 Å². The number of rotatable bonds is 6. The molecular weight excluding hydrogens is 773 g/mol. The molecule has 7 heteroatoms. The minimum atomic E-state index is 0.120. The summed E-state index contributed by atoms with van der Waals surface area (Å²) in [6.45, 7) is 0. The number of fused-ring (bicyclic) bond motifs is 9. The highest BCUT2D eigenvalue weighted by atomic mass is 16.3. The van der Waals surface area contributed by atoms with Crippen LogP contribution in [0.15, 0.2) is 211 Å². The van der Waals surface area contributed by atoms with Crippen molar-refractivity contribution in [2.45, 2.75) is 11.8 Å². The van der Waals surface area contributed by atoms with Crippen LogP contribution in [0.4, 0.5) is 0 Å². The van der Waals surface area contributed by atoms with Gasteiger partial charge in [-0.05, 0) is 108 Å². The van der Waals surface area contributed by atoms with Crippen LogP contribution in [0.5, 0.6) is 0 Å². The molecule has 0 saturated heterocycles. The molecule has 0 bridgehead atoms. The molecule has 0 saturated carbocycles. The van der Waals surface area contributed by atoms with Gasteiger partial charge in [-0.2, -0.15) is 0 Å². The first kappa shape index (κ1) is 35.3. The highest BCUT2D eigenvalue weighted by Gasteiger charge is 2.26. The highest BCUT2D eigenvalue weighted by molar-refractivity contribution is 6.14. The summed E-state index contributed by atoms with van der Waals surface area (Å²) >= 11 is 0. The van der Waals surface area contributed by atoms with E-state index in [2.05, 4.69) is 155 Å². The van der Waals surface area contributed by atoms with Crippen LogP contribution < -0.4 is 0 Å². The van der Waals surface area contributed by atoms with Gasteiger partial charge in [0, 0.05) is 75.1 Å². The van der Waals surface area contributed by atoms with Crippen molar-refractivity contribution >= 4 is 65.8 Å². The Labute approximate surface area is 361 Å². The van der Waals surface area contributed by atoms with Gasteiger partial charge in [0.25, 0.3) is 0 Å². The van der Waals surface area contributed by atoms with Crippen molar-refractivity contribution in [1.82, 2.24) is 29.1 Å². The highest BCUT2D eigenvalue weighted by Crippen LogP contribution is 2.44. The molecule has 0 aliphatic heterocycles. The van der Waals surface area contributed by atoms with Crippen LogP contribution in [0.25, 0.3) is 99.6 Å². The average Bonchev–Trinajstić information content (AvgIpc) is 4.01. The van der Waals surface area contributed by atoms with Gasteiger partial charge in [0.15, 0.2) is 5.58 Å². The Hall–Kier alpha value is -8.42. The largest absolute Gasteiger partial charge is 0.454 e. The number of allylic oxidation sites excluding steroid dienone is 4. The predicted molar refractivity (Wildman–Crippen MR) is 255 cm³/mol. The van der Waals surface area contributed by atoms with Crippen molar-refractivity contribution in [3.05, 3.63) is 218 Å². The van der Waals surface area contributed by atoms with Gasteiger partial charge in [0.05, 0.1) is 44.5 Å². The lowest BCUT2D eigenvalue weighted by atomic mass is 9.80. The number of hydrogen-bond donors (Lipinski definition) is 0. The summed E-state index contributed by atoms with van der Waals surface area (Å²) in [6.07, 6.45) is 16.3. The van der Waals surface area contributed by atoms with Crippen molar-refractivity contribution in [3.8, 4) is 33.8 Å². The van der Waals surface area contributed by atoms with Gasteiger partial charge in [-0.1, -0.05) is 91.0 Å². The molecule has 296 valence electrons. The van der Waals surface area contributed by atoms with E-state index >= 15 is 0 Å². The Morgan fingerprint density at radius 1 is 0.444 bits per heavy atom. The molecular formula is C56H36N6O. The third-order valence-electron chi connectivity index (χ3n) is 12.7. The molecule has 1 aliphatic carbocycles. The maximum atomic E-state index is 6.86. The van der Waals surface area contributed by atoms with Gasteiger partial charge in [-0.15, -0.1) is 0 Å². The number of aromatic nitrogens is 6. The summed E-state index contributed by atoms with van der Waals surface area (Å²) in [7, 11) is 0. The molecule has 7 aromatic heterocycles. The molecule has 5 aromatic carbocycles. The van der Waals surface area contributed by atoms with Crippen molar-refractivity contribution < 1.29 is 4.42 Å². The molecule has 0 spiro atoms. The molecule has 13 rings (SSSR count). The van der Waals surface area contributed by atoms with Crippen LogP contribution in [-0.2, 0) is 0 Å². The third kappa shape index (κ3) is 5.53. The Morgan fingerprint density at radius 3 is 1.94 bits per heavy atom. The number of para-hydroxylation sites is 1. The second-order valence-corrected chi connectivity index (χ2v) is 16.2. The van der Waals surface area contributed by atoms with E-state index in [0.29, 0.717) is 0 Å².